The van der Waals surface area contributed by atoms with Crippen LogP contribution < -0.4 is 11.3 Å². The quantitative estimate of drug-likeness (QED) is 0.437. The Labute approximate surface area is 141 Å². The molecular weight excluding hydrogens is 375 g/mol. The molecule has 2 aromatic carbocycles. The van der Waals surface area contributed by atoms with Gasteiger partial charge in [0.25, 0.3) is 0 Å². The average Bonchev–Trinajstić information content (AvgIpc) is 2.49. The molecule has 2 rings (SSSR count). The fourth-order valence-electron chi connectivity index (χ4n) is 1.89. The van der Waals surface area contributed by atoms with Crippen molar-refractivity contribution in [2.75, 3.05) is 5.75 Å². The highest BCUT2D eigenvalue weighted by Gasteiger charge is 2.14. The lowest BCUT2D eigenvalue weighted by Crippen LogP contribution is -2.38. The number of hydrogen-bond donors (Lipinski definition) is 2. The predicted octanol–water partition coefficient (Wildman–Crippen LogP) is 4.41. The van der Waals surface area contributed by atoms with Gasteiger partial charge in [0.2, 0.25) is 0 Å². The van der Waals surface area contributed by atoms with Crippen molar-refractivity contribution >= 4 is 39.3 Å². The molecule has 0 saturated carbocycles. The summed E-state index contributed by atoms with van der Waals surface area (Å²) in [5, 5.41) is 0.140. The molecule has 0 aliphatic rings. The zero-order valence-corrected chi connectivity index (χ0v) is 14.3. The standard InChI is InChI=1S/C15H15BrClFN2S/c16-12-5-1-2-7-14(12)21-9-11(20-19)8-10-4-3-6-13(17)15(10)18/h1-7,11,20H,8-9,19H2. The van der Waals surface area contributed by atoms with Crippen molar-refractivity contribution in [1.82, 2.24) is 5.43 Å². The van der Waals surface area contributed by atoms with Crippen LogP contribution in [0, 0.1) is 5.82 Å². The van der Waals surface area contributed by atoms with E-state index in [2.05, 4.69) is 21.4 Å². The first-order valence-corrected chi connectivity index (χ1v) is 8.54. The van der Waals surface area contributed by atoms with E-state index in [9.17, 15) is 4.39 Å². The SMILES string of the molecule is NNC(CSc1ccccc1Br)Cc1cccc(Cl)c1F. The van der Waals surface area contributed by atoms with Crippen molar-refractivity contribution < 1.29 is 4.39 Å². The molecule has 0 bridgehead atoms. The molecular formula is C15H15BrClFN2S. The molecule has 0 aliphatic carbocycles. The van der Waals surface area contributed by atoms with Crippen LogP contribution in [0.5, 0.6) is 0 Å². The Hall–Kier alpha value is -0.590. The number of rotatable bonds is 6. The topological polar surface area (TPSA) is 38.0 Å². The molecule has 0 saturated heterocycles. The largest absolute Gasteiger partial charge is 0.271 e. The summed E-state index contributed by atoms with van der Waals surface area (Å²) >= 11 is 11.0. The van der Waals surface area contributed by atoms with Gasteiger partial charge in [-0.05, 0) is 46.1 Å². The highest BCUT2D eigenvalue weighted by Crippen LogP contribution is 2.28. The molecule has 3 N–H and O–H groups in total. The second-order valence-corrected chi connectivity index (χ2v) is 6.85. The van der Waals surface area contributed by atoms with Crippen LogP contribution in [-0.2, 0) is 6.42 Å². The van der Waals surface area contributed by atoms with Crippen molar-refractivity contribution in [1.29, 1.82) is 0 Å². The van der Waals surface area contributed by atoms with Gasteiger partial charge in [-0.25, -0.2) is 4.39 Å². The predicted molar refractivity (Wildman–Crippen MR) is 91.1 cm³/mol. The Morgan fingerprint density at radius 2 is 2.00 bits per heavy atom. The average molecular weight is 390 g/mol. The summed E-state index contributed by atoms with van der Waals surface area (Å²) in [6.45, 7) is 0. The molecule has 112 valence electrons. The van der Waals surface area contributed by atoms with Gasteiger partial charge in [0.1, 0.15) is 5.82 Å². The van der Waals surface area contributed by atoms with E-state index >= 15 is 0 Å². The van der Waals surface area contributed by atoms with Gasteiger partial charge >= 0.3 is 0 Å². The van der Waals surface area contributed by atoms with Crippen LogP contribution in [0.3, 0.4) is 0 Å². The summed E-state index contributed by atoms with van der Waals surface area (Å²) < 4.78 is 15.0. The number of hydrazine groups is 1. The van der Waals surface area contributed by atoms with E-state index in [1.807, 2.05) is 24.3 Å². The van der Waals surface area contributed by atoms with E-state index in [0.717, 1.165) is 15.1 Å². The minimum atomic E-state index is -0.370. The van der Waals surface area contributed by atoms with Gasteiger partial charge in [-0.2, -0.15) is 0 Å². The van der Waals surface area contributed by atoms with E-state index in [0.29, 0.717) is 12.0 Å². The highest BCUT2D eigenvalue weighted by molar-refractivity contribution is 9.10. The zero-order valence-electron chi connectivity index (χ0n) is 11.2. The van der Waals surface area contributed by atoms with Crippen LogP contribution in [0.2, 0.25) is 5.02 Å². The molecule has 21 heavy (non-hydrogen) atoms. The summed E-state index contributed by atoms with van der Waals surface area (Å²) in [4.78, 5) is 1.13. The Bertz CT molecular complexity index is 612. The molecule has 1 atom stereocenters. The monoisotopic (exact) mass is 388 g/mol. The number of benzene rings is 2. The molecule has 2 aromatic rings. The second-order valence-electron chi connectivity index (χ2n) is 4.52. The van der Waals surface area contributed by atoms with Gasteiger partial charge in [-0.15, -0.1) is 11.8 Å². The summed E-state index contributed by atoms with van der Waals surface area (Å²) in [7, 11) is 0. The van der Waals surface area contributed by atoms with Crippen LogP contribution >= 0.6 is 39.3 Å². The molecule has 6 heteroatoms. The molecule has 0 spiro atoms. The van der Waals surface area contributed by atoms with Gasteiger partial charge in [-0.1, -0.05) is 35.9 Å². The van der Waals surface area contributed by atoms with Crippen LogP contribution in [0.1, 0.15) is 5.56 Å². The lowest BCUT2D eigenvalue weighted by molar-refractivity contribution is 0.547. The maximum absolute atomic E-state index is 13.9. The molecule has 0 radical (unpaired) electrons. The van der Waals surface area contributed by atoms with Crippen LogP contribution in [0.15, 0.2) is 51.8 Å². The van der Waals surface area contributed by atoms with Gasteiger partial charge in [0.05, 0.1) is 5.02 Å². The van der Waals surface area contributed by atoms with Crippen molar-refractivity contribution in [3.05, 3.63) is 63.3 Å². The molecule has 1 unspecified atom stereocenters. The first-order chi connectivity index (χ1) is 10.1. The number of halogens is 3. The van der Waals surface area contributed by atoms with Crippen molar-refractivity contribution in [2.45, 2.75) is 17.4 Å². The smallest absolute Gasteiger partial charge is 0.145 e. The van der Waals surface area contributed by atoms with Gasteiger partial charge < -0.3 is 0 Å². The van der Waals surface area contributed by atoms with Gasteiger partial charge in [-0.3, -0.25) is 11.3 Å². The van der Waals surface area contributed by atoms with Gasteiger partial charge in [0.15, 0.2) is 0 Å². The normalized spacial score (nSPS) is 12.4. The second kappa shape index (κ2) is 8.15. The molecule has 2 nitrogen and oxygen atoms in total. The van der Waals surface area contributed by atoms with Gasteiger partial charge in [0, 0.05) is 21.2 Å². The highest BCUT2D eigenvalue weighted by atomic mass is 79.9. The summed E-state index contributed by atoms with van der Waals surface area (Å²) in [5.41, 5.74) is 3.31. The molecule has 0 aliphatic heterocycles. The molecule has 0 fully saturated rings. The first kappa shape index (κ1) is 16.8. The number of nitrogens with two attached hydrogens (primary N) is 1. The Morgan fingerprint density at radius 1 is 1.24 bits per heavy atom. The maximum Gasteiger partial charge on any atom is 0.145 e. The summed E-state index contributed by atoms with van der Waals surface area (Å²) in [6, 6.07) is 12.9. The van der Waals surface area contributed by atoms with E-state index in [-0.39, 0.29) is 16.9 Å². The third kappa shape index (κ3) is 4.69. The van der Waals surface area contributed by atoms with E-state index < -0.39 is 0 Å². The van der Waals surface area contributed by atoms with Crippen molar-refractivity contribution in [3.8, 4) is 0 Å². The minimum Gasteiger partial charge on any atom is -0.271 e. The van der Waals surface area contributed by atoms with Crippen molar-refractivity contribution in [2.24, 2.45) is 5.84 Å². The number of hydrogen-bond acceptors (Lipinski definition) is 3. The Balaban J connectivity index is 2.01. The van der Waals surface area contributed by atoms with E-state index in [1.165, 1.54) is 0 Å². The lowest BCUT2D eigenvalue weighted by atomic mass is 10.1. The maximum atomic E-state index is 13.9. The fourth-order valence-corrected chi connectivity index (χ4v) is 3.69. The van der Waals surface area contributed by atoms with Crippen LogP contribution in [-0.4, -0.2) is 11.8 Å². The van der Waals surface area contributed by atoms with Crippen LogP contribution in [0.4, 0.5) is 4.39 Å². The molecule has 0 aromatic heterocycles. The van der Waals surface area contributed by atoms with E-state index in [4.69, 9.17) is 17.4 Å². The lowest BCUT2D eigenvalue weighted by Gasteiger charge is -2.16. The molecule has 0 amide bonds. The van der Waals surface area contributed by atoms with Crippen molar-refractivity contribution in [3.63, 3.8) is 0 Å². The summed E-state index contributed by atoms with van der Waals surface area (Å²) in [5.74, 6) is 5.94. The number of nitrogens with one attached hydrogen (secondary N) is 1. The zero-order chi connectivity index (χ0) is 15.2. The van der Waals surface area contributed by atoms with E-state index in [1.54, 1.807) is 30.0 Å². The third-order valence-electron chi connectivity index (χ3n) is 3.01. The first-order valence-electron chi connectivity index (χ1n) is 6.38. The number of thioether (sulfide) groups is 1. The molecule has 0 heterocycles. The summed E-state index contributed by atoms with van der Waals surface area (Å²) in [6.07, 6.45) is 0.486. The van der Waals surface area contributed by atoms with Crippen LogP contribution in [0.25, 0.3) is 0 Å². The Morgan fingerprint density at radius 3 is 2.71 bits per heavy atom. The third-order valence-corrected chi connectivity index (χ3v) is 5.49. The fraction of sp³-hybridized carbons (Fsp3) is 0.200. The minimum absolute atomic E-state index is 0.0462. The Kier molecular flexibility index (Phi) is 6.51.